The summed E-state index contributed by atoms with van der Waals surface area (Å²) in [4.78, 5) is 24.4. The van der Waals surface area contributed by atoms with Crippen LogP contribution in [0.4, 0.5) is 0 Å². The average molecular weight is 417 g/mol. The van der Waals surface area contributed by atoms with E-state index < -0.39 is 5.41 Å². The summed E-state index contributed by atoms with van der Waals surface area (Å²) >= 11 is 12.8. The molecule has 0 saturated heterocycles. The number of ether oxygens (including phenoxy) is 1. The molecule has 5 nitrogen and oxygen atoms in total. The zero-order chi connectivity index (χ0) is 20.3. The largest absolute Gasteiger partial charge is 0.492 e. The van der Waals surface area contributed by atoms with Crippen LogP contribution >= 0.6 is 23.2 Å². The SMILES string of the molecule is C[C@]1(c2ccccc2)Cc2cc(OCCCC(=O)NC#N)c(Cl)c(Cl)c2C1=O. The maximum atomic E-state index is 13.1. The van der Waals surface area contributed by atoms with Gasteiger partial charge in [0.1, 0.15) is 10.8 Å². The predicted molar refractivity (Wildman–Crippen MR) is 107 cm³/mol. The van der Waals surface area contributed by atoms with Gasteiger partial charge in [-0.05, 0) is 37.0 Å². The van der Waals surface area contributed by atoms with E-state index in [4.69, 9.17) is 33.2 Å². The lowest BCUT2D eigenvalue weighted by Crippen LogP contribution is -2.29. The lowest BCUT2D eigenvalue weighted by Gasteiger charge is -2.22. The van der Waals surface area contributed by atoms with Crippen molar-refractivity contribution in [1.82, 2.24) is 5.32 Å². The van der Waals surface area contributed by atoms with Gasteiger partial charge in [-0.3, -0.25) is 14.9 Å². The Kier molecular flexibility index (Phi) is 5.93. The topological polar surface area (TPSA) is 79.2 Å². The third-order valence-electron chi connectivity index (χ3n) is 4.94. The van der Waals surface area contributed by atoms with Crippen LogP contribution in [0, 0.1) is 11.5 Å². The molecule has 1 amide bonds. The summed E-state index contributed by atoms with van der Waals surface area (Å²) < 4.78 is 5.69. The van der Waals surface area contributed by atoms with E-state index in [1.807, 2.05) is 37.3 Å². The van der Waals surface area contributed by atoms with Gasteiger partial charge in [0.15, 0.2) is 12.0 Å². The van der Waals surface area contributed by atoms with Gasteiger partial charge in [-0.1, -0.05) is 53.5 Å². The Hall–Kier alpha value is -2.55. The molecule has 0 saturated carbocycles. The average Bonchev–Trinajstić information content (AvgIpc) is 2.95. The van der Waals surface area contributed by atoms with Crippen LogP contribution < -0.4 is 10.1 Å². The van der Waals surface area contributed by atoms with Crippen molar-refractivity contribution in [3.63, 3.8) is 0 Å². The fraction of sp³-hybridized carbons (Fsp3) is 0.286. The molecular weight excluding hydrogens is 399 g/mol. The van der Waals surface area contributed by atoms with E-state index >= 15 is 0 Å². The molecule has 3 rings (SSSR count). The summed E-state index contributed by atoms with van der Waals surface area (Å²) in [5, 5.41) is 10.8. The molecule has 2 aromatic carbocycles. The van der Waals surface area contributed by atoms with Crippen molar-refractivity contribution in [1.29, 1.82) is 5.26 Å². The first-order valence-electron chi connectivity index (χ1n) is 8.80. The molecule has 0 fully saturated rings. The molecule has 1 N–H and O–H groups in total. The molecule has 0 heterocycles. The lowest BCUT2D eigenvalue weighted by atomic mass is 9.79. The van der Waals surface area contributed by atoms with Crippen molar-refractivity contribution in [2.45, 2.75) is 31.6 Å². The Bertz CT molecular complexity index is 970. The maximum absolute atomic E-state index is 13.1. The minimum absolute atomic E-state index is 0.0553. The van der Waals surface area contributed by atoms with Crippen LogP contribution in [0.5, 0.6) is 5.75 Å². The third kappa shape index (κ3) is 3.71. The molecule has 7 heteroatoms. The van der Waals surface area contributed by atoms with E-state index in [2.05, 4.69) is 5.32 Å². The number of Topliss-reactive ketones (excluding diaryl/α,β-unsaturated/α-hetero) is 1. The summed E-state index contributed by atoms with van der Waals surface area (Å²) in [6.45, 7) is 2.14. The van der Waals surface area contributed by atoms with Gasteiger partial charge in [-0.25, -0.2) is 0 Å². The van der Waals surface area contributed by atoms with Crippen molar-refractivity contribution < 1.29 is 14.3 Å². The summed E-state index contributed by atoms with van der Waals surface area (Å²) in [7, 11) is 0. The number of nitrogens with one attached hydrogen (secondary N) is 1. The number of halogens is 2. The molecule has 0 radical (unpaired) electrons. The number of carbonyl (C=O) groups excluding carboxylic acids is 2. The van der Waals surface area contributed by atoms with Crippen LogP contribution in [-0.4, -0.2) is 18.3 Å². The molecule has 28 heavy (non-hydrogen) atoms. The number of hydrogen-bond donors (Lipinski definition) is 1. The highest BCUT2D eigenvalue weighted by Gasteiger charge is 2.45. The van der Waals surface area contributed by atoms with Crippen LogP contribution in [0.1, 0.15) is 41.3 Å². The highest BCUT2D eigenvalue weighted by atomic mass is 35.5. The summed E-state index contributed by atoms with van der Waals surface area (Å²) in [6, 6.07) is 11.3. The normalized spacial score (nSPS) is 17.7. The molecular formula is C21H18Cl2N2O3. The molecule has 1 aliphatic carbocycles. The second-order valence-electron chi connectivity index (χ2n) is 6.85. The van der Waals surface area contributed by atoms with Gasteiger partial charge < -0.3 is 4.74 Å². The van der Waals surface area contributed by atoms with Crippen molar-refractivity contribution in [3.05, 3.63) is 63.1 Å². The molecule has 0 aliphatic heterocycles. The standard InChI is InChI=1S/C21H18Cl2N2O3/c1-21(14-6-3-2-4-7-14)11-13-10-15(18(22)19(23)17(13)20(21)27)28-9-5-8-16(26)25-12-24/h2-4,6-7,10H,5,8-9,11H2,1H3,(H,25,26)/t21-/m1/s1. The van der Waals surface area contributed by atoms with Gasteiger partial charge in [-0.2, -0.15) is 5.26 Å². The number of carbonyl (C=O) groups is 2. The summed E-state index contributed by atoms with van der Waals surface area (Å²) in [5.41, 5.74) is 1.46. The number of hydrogen-bond acceptors (Lipinski definition) is 4. The van der Waals surface area contributed by atoms with E-state index in [0.29, 0.717) is 24.2 Å². The van der Waals surface area contributed by atoms with E-state index in [1.165, 1.54) is 0 Å². The van der Waals surface area contributed by atoms with E-state index in [-0.39, 0.29) is 34.8 Å². The summed E-state index contributed by atoms with van der Waals surface area (Å²) in [6.07, 6.45) is 2.67. The van der Waals surface area contributed by atoms with E-state index in [0.717, 1.165) is 11.1 Å². The third-order valence-corrected chi connectivity index (χ3v) is 5.79. The number of nitrogens with zero attached hydrogens (tertiary/aromatic N) is 1. The maximum Gasteiger partial charge on any atom is 0.233 e. The van der Waals surface area contributed by atoms with E-state index in [1.54, 1.807) is 12.3 Å². The predicted octanol–water partition coefficient (Wildman–Crippen LogP) is 4.45. The summed E-state index contributed by atoms with van der Waals surface area (Å²) in [5.74, 6) is -0.0371. The van der Waals surface area contributed by atoms with Crippen LogP contribution in [0.15, 0.2) is 36.4 Å². The molecule has 1 atom stereocenters. The van der Waals surface area contributed by atoms with Gasteiger partial charge in [0.05, 0.1) is 17.0 Å². The minimum atomic E-state index is -0.704. The molecule has 0 unspecified atom stereocenters. The van der Waals surface area contributed by atoms with Crippen LogP contribution in [0.2, 0.25) is 10.0 Å². The highest BCUT2D eigenvalue weighted by Crippen LogP contribution is 2.47. The molecule has 0 aromatic heterocycles. The van der Waals surface area contributed by atoms with Gasteiger partial charge in [0.25, 0.3) is 0 Å². The van der Waals surface area contributed by atoms with Crippen LogP contribution in [0.25, 0.3) is 0 Å². The Morgan fingerprint density at radius 3 is 2.68 bits per heavy atom. The lowest BCUT2D eigenvalue weighted by molar-refractivity contribution is -0.120. The first-order chi connectivity index (χ1) is 13.4. The Morgan fingerprint density at radius 1 is 1.29 bits per heavy atom. The first kappa shape index (κ1) is 20.2. The number of fused-ring (bicyclic) bond motifs is 1. The van der Waals surface area contributed by atoms with Crippen LogP contribution in [-0.2, 0) is 16.6 Å². The zero-order valence-corrected chi connectivity index (χ0v) is 16.7. The quantitative estimate of drug-likeness (QED) is 0.428. The fourth-order valence-corrected chi connectivity index (χ4v) is 3.96. The van der Waals surface area contributed by atoms with Crippen molar-refractivity contribution in [2.75, 3.05) is 6.61 Å². The Morgan fingerprint density at radius 2 is 2.00 bits per heavy atom. The zero-order valence-electron chi connectivity index (χ0n) is 15.2. The minimum Gasteiger partial charge on any atom is -0.492 e. The number of rotatable bonds is 6. The van der Waals surface area contributed by atoms with Crippen molar-refractivity contribution >= 4 is 34.9 Å². The monoisotopic (exact) mass is 416 g/mol. The number of nitriles is 1. The fourth-order valence-electron chi connectivity index (χ4n) is 3.46. The van der Waals surface area contributed by atoms with Gasteiger partial charge in [0.2, 0.25) is 5.91 Å². The Labute approximate surface area is 173 Å². The van der Waals surface area contributed by atoms with Gasteiger partial charge in [0, 0.05) is 12.0 Å². The van der Waals surface area contributed by atoms with Gasteiger partial charge >= 0.3 is 0 Å². The van der Waals surface area contributed by atoms with E-state index in [9.17, 15) is 9.59 Å². The second-order valence-corrected chi connectivity index (χ2v) is 7.61. The van der Waals surface area contributed by atoms with Crippen LogP contribution in [0.3, 0.4) is 0 Å². The Balaban J connectivity index is 1.80. The van der Waals surface area contributed by atoms with Crippen molar-refractivity contribution in [2.24, 2.45) is 0 Å². The molecule has 0 bridgehead atoms. The van der Waals surface area contributed by atoms with Gasteiger partial charge in [-0.15, -0.1) is 0 Å². The number of ketones is 1. The smallest absolute Gasteiger partial charge is 0.233 e. The molecule has 144 valence electrons. The molecule has 1 aliphatic rings. The van der Waals surface area contributed by atoms with Crippen molar-refractivity contribution in [3.8, 4) is 11.9 Å². The molecule has 0 spiro atoms. The second kappa shape index (κ2) is 8.22. The number of benzene rings is 2. The highest BCUT2D eigenvalue weighted by molar-refractivity contribution is 6.45. The molecule has 2 aromatic rings. The number of amides is 1. The first-order valence-corrected chi connectivity index (χ1v) is 9.56.